The number of hydrogen-bond acceptors (Lipinski definition) is 4. The Bertz CT molecular complexity index is 768. The van der Waals surface area contributed by atoms with Gasteiger partial charge in [0.15, 0.2) is 11.5 Å². The molecule has 2 aromatic rings. The maximum Gasteiger partial charge on any atom is 0.336 e. The molecule has 0 amide bonds. The van der Waals surface area contributed by atoms with Gasteiger partial charge in [0.2, 0.25) is 0 Å². The number of rotatable bonds is 5. The van der Waals surface area contributed by atoms with Crippen molar-refractivity contribution in [3.63, 3.8) is 0 Å². The Morgan fingerprint density at radius 2 is 1.78 bits per heavy atom. The van der Waals surface area contributed by atoms with Crippen LogP contribution in [0.4, 0.5) is 0 Å². The van der Waals surface area contributed by atoms with Crippen LogP contribution < -0.4 is 9.47 Å². The molecule has 0 heterocycles. The van der Waals surface area contributed by atoms with Gasteiger partial charge in [0.25, 0.3) is 0 Å². The van der Waals surface area contributed by atoms with Crippen molar-refractivity contribution in [3.05, 3.63) is 52.5 Å². The Labute approximate surface area is 138 Å². The summed E-state index contributed by atoms with van der Waals surface area (Å²) in [6.07, 6.45) is 1.35. The van der Waals surface area contributed by atoms with Gasteiger partial charge < -0.3 is 19.7 Å². The third kappa shape index (κ3) is 3.76. The van der Waals surface area contributed by atoms with Gasteiger partial charge in [-0.1, -0.05) is 17.7 Å². The summed E-state index contributed by atoms with van der Waals surface area (Å²) in [7, 11) is 2.96. The van der Waals surface area contributed by atoms with Crippen LogP contribution in [0.3, 0.4) is 0 Å². The smallest absolute Gasteiger partial charge is 0.336 e. The molecule has 0 fully saturated rings. The van der Waals surface area contributed by atoms with E-state index in [1.54, 1.807) is 18.2 Å². The maximum absolute atomic E-state index is 11.6. The molecule has 0 bridgehead atoms. The molecule has 0 saturated heterocycles. The molecule has 0 atom stereocenters. The van der Waals surface area contributed by atoms with Crippen molar-refractivity contribution in [1.82, 2.24) is 0 Å². The highest BCUT2D eigenvalue weighted by molar-refractivity contribution is 6.31. The van der Waals surface area contributed by atoms with Gasteiger partial charge in [0.05, 0.1) is 19.8 Å². The molecule has 0 aromatic heterocycles. The first-order valence-electron chi connectivity index (χ1n) is 6.62. The highest BCUT2D eigenvalue weighted by Gasteiger charge is 2.15. The van der Waals surface area contributed by atoms with E-state index in [2.05, 4.69) is 0 Å². The van der Waals surface area contributed by atoms with E-state index in [0.717, 1.165) is 0 Å². The Morgan fingerprint density at radius 1 is 1.09 bits per heavy atom. The molecule has 6 heteroatoms. The summed E-state index contributed by atoms with van der Waals surface area (Å²) < 4.78 is 10.3. The minimum Gasteiger partial charge on any atom is -0.507 e. The second kappa shape index (κ2) is 7.07. The summed E-state index contributed by atoms with van der Waals surface area (Å²) in [5.74, 6) is -0.302. The normalized spacial score (nSPS) is 11.2. The van der Waals surface area contributed by atoms with Gasteiger partial charge in [0, 0.05) is 10.6 Å². The fraction of sp³-hybridized carbons (Fsp3) is 0.118. The predicted molar refractivity (Wildman–Crippen MR) is 88.2 cm³/mol. The van der Waals surface area contributed by atoms with Gasteiger partial charge in [-0.15, -0.1) is 0 Å². The van der Waals surface area contributed by atoms with Gasteiger partial charge in [-0.25, -0.2) is 4.79 Å². The monoisotopic (exact) mass is 334 g/mol. The SMILES string of the molecule is COc1ccc(/C(=C/c2cc(Cl)ccc2O)C(=O)O)cc1OC. The molecule has 2 rings (SSSR count). The van der Waals surface area contributed by atoms with Crippen molar-refractivity contribution in [2.45, 2.75) is 0 Å². The van der Waals surface area contributed by atoms with Gasteiger partial charge in [-0.05, 0) is 42.0 Å². The minimum absolute atomic E-state index is 0.0106. The molecule has 2 aromatic carbocycles. The van der Waals surface area contributed by atoms with Crippen LogP contribution in [-0.2, 0) is 4.79 Å². The molecule has 0 spiro atoms. The summed E-state index contributed by atoms with van der Waals surface area (Å²) in [5.41, 5.74) is 0.711. The van der Waals surface area contributed by atoms with E-state index in [4.69, 9.17) is 21.1 Å². The van der Waals surface area contributed by atoms with Crippen molar-refractivity contribution in [2.24, 2.45) is 0 Å². The van der Waals surface area contributed by atoms with Crippen LogP contribution in [0, 0.1) is 0 Å². The average Bonchev–Trinajstić information content (AvgIpc) is 2.54. The lowest BCUT2D eigenvalue weighted by Crippen LogP contribution is -2.01. The number of carbonyl (C=O) groups is 1. The first-order chi connectivity index (χ1) is 11.0. The van der Waals surface area contributed by atoms with Crippen LogP contribution in [0.2, 0.25) is 5.02 Å². The van der Waals surface area contributed by atoms with Gasteiger partial charge in [-0.2, -0.15) is 0 Å². The third-order valence-corrected chi connectivity index (χ3v) is 3.45. The molecular weight excluding hydrogens is 320 g/mol. The lowest BCUT2D eigenvalue weighted by atomic mass is 10.0. The molecule has 120 valence electrons. The maximum atomic E-state index is 11.6. The van der Waals surface area contributed by atoms with E-state index in [1.807, 2.05) is 0 Å². The summed E-state index contributed by atoms with van der Waals surface area (Å²) in [5, 5.41) is 19.7. The molecule has 23 heavy (non-hydrogen) atoms. The Morgan fingerprint density at radius 3 is 2.39 bits per heavy atom. The van der Waals surface area contributed by atoms with Crippen molar-refractivity contribution >= 4 is 29.2 Å². The number of methoxy groups -OCH3 is 2. The van der Waals surface area contributed by atoms with Gasteiger partial charge in [0.1, 0.15) is 5.75 Å². The van der Waals surface area contributed by atoms with E-state index in [0.29, 0.717) is 27.6 Å². The zero-order valence-electron chi connectivity index (χ0n) is 12.5. The summed E-state index contributed by atoms with van der Waals surface area (Å²) >= 11 is 5.89. The molecule has 0 radical (unpaired) electrons. The Hall–Kier alpha value is -2.66. The minimum atomic E-state index is -1.14. The van der Waals surface area contributed by atoms with E-state index in [9.17, 15) is 15.0 Å². The Balaban J connectivity index is 2.57. The van der Waals surface area contributed by atoms with E-state index in [1.165, 1.54) is 38.5 Å². The first kappa shape index (κ1) is 16.7. The van der Waals surface area contributed by atoms with Crippen LogP contribution in [0.15, 0.2) is 36.4 Å². The quantitative estimate of drug-likeness (QED) is 0.644. The largest absolute Gasteiger partial charge is 0.507 e. The molecule has 0 aliphatic carbocycles. The second-order valence-corrected chi connectivity index (χ2v) is 5.07. The molecule has 0 aliphatic rings. The summed E-state index contributed by atoms with van der Waals surface area (Å²) in [4.78, 5) is 11.6. The van der Waals surface area contributed by atoms with Crippen molar-refractivity contribution in [1.29, 1.82) is 0 Å². The number of carboxylic acid groups (broad SMARTS) is 1. The van der Waals surface area contributed by atoms with E-state index < -0.39 is 5.97 Å². The van der Waals surface area contributed by atoms with Crippen LogP contribution in [0.25, 0.3) is 11.6 Å². The lowest BCUT2D eigenvalue weighted by Gasteiger charge is -2.10. The fourth-order valence-electron chi connectivity index (χ4n) is 2.07. The van der Waals surface area contributed by atoms with Crippen LogP contribution in [-0.4, -0.2) is 30.4 Å². The number of aliphatic carboxylic acids is 1. The number of phenols is 1. The number of benzene rings is 2. The molecule has 0 aliphatic heterocycles. The van der Waals surface area contributed by atoms with E-state index >= 15 is 0 Å². The number of carboxylic acids is 1. The van der Waals surface area contributed by atoms with Crippen molar-refractivity contribution < 1.29 is 24.5 Å². The second-order valence-electron chi connectivity index (χ2n) is 4.64. The number of phenolic OH excluding ortho intramolecular Hbond substituents is 1. The van der Waals surface area contributed by atoms with Crippen LogP contribution in [0.1, 0.15) is 11.1 Å². The first-order valence-corrected chi connectivity index (χ1v) is 7.00. The third-order valence-electron chi connectivity index (χ3n) is 3.21. The van der Waals surface area contributed by atoms with Crippen LogP contribution in [0.5, 0.6) is 17.2 Å². The summed E-state index contributed by atoms with van der Waals surface area (Å²) in [6, 6.07) is 9.18. The van der Waals surface area contributed by atoms with Crippen molar-refractivity contribution in [2.75, 3.05) is 14.2 Å². The van der Waals surface area contributed by atoms with Gasteiger partial charge in [-0.3, -0.25) is 0 Å². The topological polar surface area (TPSA) is 76.0 Å². The molecular formula is C17H15ClO5. The molecule has 5 nitrogen and oxygen atoms in total. The Kier molecular flexibility index (Phi) is 5.13. The fourth-order valence-corrected chi connectivity index (χ4v) is 2.25. The van der Waals surface area contributed by atoms with Crippen LogP contribution >= 0.6 is 11.6 Å². The predicted octanol–water partition coefficient (Wildman–Crippen LogP) is 3.69. The van der Waals surface area contributed by atoms with Gasteiger partial charge >= 0.3 is 5.97 Å². The number of ether oxygens (including phenoxy) is 2. The molecule has 0 saturated carbocycles. The van der Waals surface area contributed by atoms with Crippen molar-refractivity contribution in [3.8, 4) is 17.2 Å². The summed E-state index contributed by atoms with van der Waals surface area (Å²) in [6.45, 7) is 0. The number of aromatic hydroxyl groups is 1. The molecule has 0 unspecified atom stereocenters. The standard InChI is InChI=1S/C17H15ClO5/c1-22-15-6-3-10(9-16(15)23-2)13(17(20)21)8-11-7-12(18)4-5-14(11)19/h3-9,19H,1-2H3,(H,20,21)/b13-8-. The zero-order valence-corrected chi connectivity index (χ0v) is 13.3. The molecule has 2 N–H and O–H groups in total. The number of hydrogen-bond donors (Lipinski definition) is 2. The highest BCUT2D eigenvalue weighted by atomic mass is 35.5. The van der Waals surface area contributed by atoms with E-state index in [-0.39, 0.29) is 11.3 Å². The average molecular weight is 335 g/mol. The lowest BCUT2D eigenvalue weighted by molar-refractivity contribution is -0.130. The number of halogens is 1. The highest BCUT2D eigenvalue weighted by Crippen LogP contribution is 2.32. The zero-order chi connectivity index (χ0) is 17.0.